The average Bonchev–Trinajstić information content (AvgIpc) is 2.28. The molecule has 3 nitrogen and oxygen atoms in total. The Balaban J connectivity index is 2.47. The van der Waals surface area contributed by atoms with E-state index in [2.05, 4.69) is 5.32 Å². The molecule has 1 aromatic rings. The van der Waals surface area contributed by atoms with Gasteiger partial charge in [0.15, 0.2) is 0 Å². The summed E-state index contributed by atoms with van der Waals surface area (Å²) in [6.45, 7) is 3.95. The van der Waals surface area contributed by atoms with Crippen LogP contribution in [-0.2, 0) is 4.79 Å². The van der Waals surface area contributed by atoms with Crippen LogP contribution < -0.4 is 10.1 Å². The zero-order valence-corrected chi connectivity index (χ0v) is 11.0. The fraction of sp³-hybridized carbons (Fsp3) is 0.462. The van der Waals surface area contributed by atoms with E-state index in [1.165, 1.54) is 0 Å². The number of rotatable bonds is 6. The van der Waals surface area contributed by atoms with Gasteiger partial charge in [-0.1, -0.05) is 0 Å². The number of benzene rings is 1. The molecule has 17 heavy (non-hydrogen) atoms. The molecule has 1 rings (SSSR count). The summed E-state index contributed by atoms with van der Waals surface area (Å²) in [7, 11) is 0. The molecular formula is C13H18ClNO2. The predicted molar refractivity (Wildman–Crippen MR) is 70.8 cm³/mol. The van der Waals surface area contributed by atoms with Gasteiger partial charge in [-0.3, -0.25) is 4.79 Å². The van der Waals surface area contributed by atoms with E-state index in [-0.39, 0.29) is 12.0 Å². The number of carbonyl (C=O) groups is 1. The summed E-state index contributed by atoms with van der Waals surface area (Å²) >= 11 is 5.52. The first-order valence-corrected chi connectivity index (χ1v) is 6.28. The minimum Gasteiger partial charge on any atom is -0.491 e. The van der Waals surface area contributed by atoms with Gasteiger partial charge in [-0.15, -0.1) is 11.6 Å². The highest BCUT2D eigenvalue weighted by molar-refractivity contribution is 6.18. The quantitative estimate of drug-likeness (QED) is 0.791. The number of hydrogen-bond acceptors (Lipinski definition) is 2. The van der Waals surface area contributed by atoms with Gasteiger partial charge < -0.3 is 10.1 Å². The van der Waals surface area contributed by atoms with Crippen LogP contribution in [0.5, 0.6) is 5.75 Å². The third-order valence-corrected chi connectivity index (χ3v) is 2.31. The zero-order valence-electron chi connectivity index (χ0n) is 10.2. The van der Waals surface area contributed by atoms with Crippen LogP contribution in [0.15, 0.2) is 24.3 Å². The molecule has 0 aliphatic heterocycles. The van der Waals surface area contributed by atoms with Crippen molar-refractivity contribution in [1.29, 1.82) is 0 Å². The van der Waals surface area contributed by atoms with Crippen LogP contribution in [0.1, 0.15) is 26.7 Å². The summed E-state index contributed by atoms with van der Waals surface area (Å²) in [5, 5.41) is 2.80. The molecule has 0 aliphatic carbocycles. The molecular weight excluding hydrogens is 238 g/mol. The summed E-state index contributed by atoms with van der Waals surface area (Å²) in [5.41, 5.74) is 0.778. The molecule has 0 fully saturated rings. The van der Waals surface area contributed by atoms with Gasteiger partial charge in [0.05, 0.1) is 6.10 Å². The molecule has 0 saturated carbocycles. The fourth-order valence-corrected chi connectivity index (χ4v) is 1.47. The first-order valence-electron chi connectivity index (χ1n) is 5.74. The molecule has 94 valence electrons. The highest BCUT2D eigenvalue weighted by Gasteiger charge is 2.02. The molecule has 1 N–H and O–H groups in total. The third kappa shape index (κ3) is 5.59. The van der Waals surface area contributed by atoms with E-state index in [0.717, 1.165) is 11.4 Å². The van der Waals surface area contributed by atoms with Crippen molar-refractivity contribution in [2.45, 2.75) is 32.8 Å². The average molecular weight is 256 g/mol. The Bertz CT molecular complexity index is 349. The van der Waals surface area contributed by atoms with Crippen molar-refractivity contribution >= 4 is 23.2 Å². The molecule has 0 heterocycles. The lowest BCUT2D eigenvalue weighted by atomic mass is 10.2. The predicted octanol–water partition coefficient (Wildman–Crippen LogP) is 3.43. The molecule has 0 spiro atoms. The van der Waals surface area contributed by atoms with E-state index in [1.807, 2.05) is 38.1 Å². The fourth-order valence-electron chi connectivity index (χ4n) is 1.34. The SMILES string of the molecule is CC(C)Oc1ccc(NC(=O)CCCCl)cc1. The Morgan fingerprint density at radius 2 is 2.00 bits per heavy atom. The van der Waals surface area contributed by atoms with Crippen molar-refractivity contribution < 1.29 is 9.53 Å². The molecule has 1 amide bonds. The number of anilines is 1. The van der Waals surface area contributed by atoms with Gasteiger partial charge in [0, 0.05) is 18.0 Å². The topological polar surface area (TPSA) is 38.3 Å². The van der Waals surface area contributed by atoms with E-state index >= 15 is 0 Å². The lowest BCUT2D eigenvalue weighted by Crippen LogP contribution is -2.11. The first-order chi connectivity index (χ1) is 8.11. The normalized spacial score (nSPS) is 10.4. The van der Waals surface area contributed by atoms with Crippen molar-refractivity contribution in [1.82, 2.24) is 0 Å². The number of amides is 1. The van der Waals surface area contributed by atoms with Crippen LogP contribution in [0.2, 0.25) is 0 Å². The van der Waals surface area contributed by atoms with Crippen LogP contribution in [0.4, 0.5) is 5.69 Å². The van der Waals surface area contributed by atoms with Gasteiger partial charge in [0.1, 0.15) is 5.75 Å². The van der Waals surface area contributed by atoms with Crippen molar-refractivity contribution in [3.63, 3.8) is 0 Å². The van der Waals surface area contributed by atoms with Gasteiger partial charge >= 0.3 is 0 Å². The van der Waals surface area contributed by atoms with Crippen molar-refractivity contribution in [3.05, 3.63) is 24.3 Å². The van der Waals surface area contributed by atoms with Gasteiger partial charge in [0.25, 0.3) is 0 Å². The molecule has 0 atom stereocenters. The maximum atomic E-state index is 11.4. The number of halogens is 1. The first kappa shape index (κ1) is 13.8. The summed E-state index contributed by atoms with van der Waals surface area (Å²) in [6, 6.07) is 7.35. The van der Waals surface area contributed by atoms with Gasteiger partial charge in [-0.05, 0) is 44.5 Å². The summed E-state index contributed by atoms with van der Waals surface area (Å²) in [5.74, 6) is 1.30. The van der Waals surface area contributed by atoms with E-state index < -0.39 is 0 Å². The van der Waals surface area contributed by atoms with E-state index in [4.69, 9.17) is 16.3 Å². The summed E-state index contributed by atoms with van der Waals surface area (Å²) in [4.78, 5) is 11.4. The zero-order chi connectivity index (χ0) is 12.7. The second-order valence-electron chi connectivity index (χ2n) is 4.03. The molecule has 0 aromatic heterocycles. The van der Waals surface area contributed by atoms with Crippen molar-refractivity contribution in [2.75, 3.05) is 11.2 Å². The molecule has 4 heteroatoms. The van der Waals surface area contributed by atoms with Crippen molar-refractivity contribution in [3.8, 4) is 5.75 Å². The molecule has 1 aromatic carbocycles. The summed E-state index contributed by atoms with van der Waals surface area (Å²) < 4.78 is 5.51. The molecule has 0 aliphatic rings. The Kier molecular flexibility index (Phi) is 5.84. The standard InChI is InChI=1S/C13H18ClNO2/c1-10(2)17-12-7-5-11(6-8-12)15-13(16)4-3-9-14/h5-8,10H,3-4,9H2,1-2H3,(H,15,16). The minimum absolute atomic E-state index is 0.0109. The second-order valence-corrected chi connectivity index (χ2v) is 4.41. The van der Waals surface area contributed by atoms with Crippen LogP contribution in [0.25, 0.3) is 0 Å². The second kappa shape index (κ2) is 7.17. The monoisotopic (exact) mass is 255 g/mol. The smallest absolute Gasteiger partial charge is 0.224 e. The molecule has 0 saturated heterocycles. The minimum atomic E-state index is -0.0109. The maximum Gasteiger partial charge on any atom is 0.224 e. The highest BCUT2D eigenvalue weighted by atomic mass is 35.5. The number of hydrogen-bond donors (Lipinski definition) is 1. The highest BCUT2D eigenvalue weighted by Crippen LogP contribution is 2.17. The lowest BCUT2D eigenvalue weighted by molar-refractivity contribution is -0.116. The van der Waals surface area contributed by atoms with Crippen molar-refractivity contribution in [2.24, 2.45) is 0 Å². The van der Waals surface area contributed by atoms with E-state index in [0.29, 0.717) is 18.7 Å². The van der Waals surface area contributed by atoms with Gasteiger partial charge in [-0.25, -0.2) is 0 Å². The maximum absolute atomic E-state index is 11.4. The third-order valence-electron chi connectivity index (χ3n) is 2.05. The number of carbonyl (C=O) groups excluding carboxylic acids is 1. The number of nitrogens with one attached hydrogen (secondary N) is 1. The number of ether oxygens (including phenoxy) is 1. The van der Waals surface area contributed by atoms with Crippen LogP contribution in [0, 0.1) is 0 Å². The van der Waals surface area contributed by atoms with Crippen LogP contribution >= 0.6 is 11.6 Å². The van der Waals surface area contributed by atoms with E-state index in [1.54, 1.807) is 0 Å². The Morgan fingerprint density at radius 1 is 1.35 bits per heavy atom. The van der Waals surface area contributed by atoms with E-state index in [9.17, 15) is 4.79 Å². The van der Waals surface area contributed by atoms with Crippen LogP contribution in [0.3, 0.4) is 0 Å². The van der Waals surface area contributed by atoms with Gasteiger partial charge in [0.2, 0.25) is 5.91 Å². The molecule has 0 unspecified atom stereocenters. The number of alkyl halides is 1. The molecule has 0 radical (unpaired) electrons. The Labute approximate surface area is 107 Å². The lowest BCUT2D eigenvalue weighted by Gasteiger charge is -2.10. The molecule has 0 bridgehead atoms. The van der Waals surface area contributed by atoms with Gasteiger partial charge in [-0.2, -0.15) is 0 Å². The Morgan fingerprint density at radius 3 is 2.53 bits per heavy atom. The largest absolute Gasteiger partial charge is 0.491 e. The summed E-state index contributed by atoms with van der Waals surface area (Å²) in [6.07, 6.45) is 1.30. The Hall–Kier alpha value is -1.22. The van der Waals surface area contributed by atoms with Crippen LogP contribution in [-0.4, -0.2) is 17.9 Å².